The number of carbonyl (C=O) groups is 1. The Labute approximate surface area is 214 Å². The standard InChI is InChI=1S/C30H38ClNO3/c1-2-3-4-5-21-6-8-22(9-7-21)23-10-12-24(13-11-23)25-14-16-26(17-15-25)30(33)28-20-27(32(34)35)18-19-29(28)31/h14-24H,2-13H2,1H3. The molecule has 2 saturated carbocycles. The Morgan fingerprint density at radius 3 is 2.14 bits per heavy atom. The minimum Gasteiger partial charge on any atom is -0.289 e. The smallest absolute Gasteiger partial charge is 0.270 e. The molecule has 0 aliphatic heterocycles. The van der Waals surface area contributed by atoms with Gasteiger partial charge in [0.2, 0.25) is 0 Å². The average molecular weight is 496 g/mol. The second kappa shape index (κ2) is 12.2. The maximum atomic E-state index is 12.9. The van der Waals surface area contributed by atoms with E-state index >= 15 is 0 Å². The normalized spacial score (nSPS) is 24.7. The van der Waals surface area contributed by atoms with Crippen molar-refractivity contribution in [2.75, 3.05) is 0 Å². The van der Waals surface area contributed by atoms with Gasteiger partial charge >= 0.3 is 0 Å². The van der Waals surface area contributed by atoms with Crippen molar-refractivity contribution >= 4 is 23.1 Å². The van der Waals surface area contributed by atoms with E-state index in [1.54, 1.807) is 0 Å². The van der Waals surface area contributed by atoms with Crippen LogP contribution in [0.5, 0.6) is 0 Å². The lowest BCUT2D eigenvalue weighted by atomic mass is 9.68. The van der Waals surface area contributed by atoms with E-state index in [1.807, 2.05) is 12.1 Å². The van der Waals surface area contributed by atoms with E-state index in [1.165, 1.54) is 101 Å². The van der Waals surface area contributed by atoms with Gasteiger partial charge in [0.15, 0.2) is 5.78 Å². The summed E-state index contributed by atoms with van der Waals surface area (Å²) < 4.78 is 0. The van der Waals surface area contributed by atoms with Gasteiger partial charge in [0.25, 0.3) is 5.69 Å². The molecule has 5 heteroatoms. The van der Waals surface area contributed by atoms with Crippen molar-refractivity contribution in [3.05, 3.63) is 74.3 Å². The molecule has 2 aliphatic carbocycles. The Kier molecular flexibility index (Phi) is 8.99. The fraction of sp³-hybridized carbons (Fsp3) is 0.567. The molecule has 0 radical (unpaired) electrons. The third-order valence-electron chi connectivity index (χ3n) is 8.60. The summed E-state index contributed by atoms with van der Waals surface area (Å²) in [5.74, 6) is 3.08. The molecule has 4 rings (SSSR count). The van der Waals surface area contributed by atoms with Gasteiger partial charge in [0.1, 0.15) is 0 Å². The molecule has 2 aliphatic rings. The van der Waals surface area contributed by atoms with Gasteiger partial charge in [-0.3, -0.25) is 14.9 Å². The molecule has 0 heterocycles. The van der Waals surface area contributed by atoms with Gasteiger partial charge in [0, 0.05) is 23.3 Å². The number of non-ortho nitro benzene ring substituents is 1. The average Bonchev–Trinajstić information content (AvgIpc) is 2.89. The fourth-order valence-corrected chi connectivity index (χ4v) is 6.62. The van der Waals surface area contributed by atoms with E-state index in [-0.39, 0.29) is 22.1 Å². The highest BCUT2D eigenvalue weighted by Crippen LogP contribution is 2.44. The Balaban J connectivity index is 1.29. The third-order valence-corrected chi connectivity index (χ3v) is 8.93. The molecule has 0 spiro atoms. The van der Waals surface area contributed by atoms with Crippen LogP contribution in [-0.4, -0.2) is 10.7 Å². The highest BCUT2D eigenvalue weighted by atomic mass is 35.5. The lowest BCUT2D eigenvalue weighted by Gasteiger charge is -2.38. The molecule has 188 valence electrons. The Morgan fingerprint density at radius 2 is 1.54 bits per heavy atom. The minimum absolute atomic E-state index is 0.129. The molecule has 2 fully saturated rings. The number of nitro groups is 1. The summed E-state index contributed by atoms with van der Waals surface area (Å²) in [6.45, 7) is 2.29. The topological polar surface area (TPSA) is 60.2 Å². The number of ketones is 1. The van der Waals surface area contributed by atoms with Crippen molar-refractivity contribution in [3.63, 3.8) is 0 Å². The Morgan fingerprint density at radius 1 is 0.914 bits per heavy atom. The zero-order valence-corrected chi connectivity index (χ0v) is 21.6. The summed E-state index contributed by atoms with van der Waals surface area (Å²) in [5.41, 5.74) is 1.86. The summed E-state index contributed by atoms with van der Waals surface area (Å²) in [6, 6.07) is 11.8. The quantitative estimate of drug-likeness (QED) is 0.151. The van der Waals surface area contributed by atoms with Crippen LogP contribution in [-0.2, 0) is 0 Å². The molecule has 35 heavy (non-hydrogen) atoms. The van der Waals surface area contributed by atoms with Gasteiger partial charge in [-0.1, -0.05) is 81.3 Å². The molecule has 0 N–H and O–H groups in total. The molecule has 0 aromatic heterocycles. The van der Waals surface area contributed by atoms with Crippen LogP contribution >= 0.6 is 11.6 Å². The number of nitro benzene ring substituents is 1. The van der Waals surface area contributed by atoms with Crippen molar-refractivity contribution in [1.82, 2.24) is 0 Å². The SMILES string of the molecule is CCCCCC1CCC(C2CCC(c3ccc(C(=O)c4cc([N+](=O)[O-])ccc4Cl)cc3)CC2)CC1. The fourth-order valence-electron chi connectivity index (χ4n) is 6.42. The number of carbonyl (C=O) groups excluding carboxylic acids is 1. The first-order valence-electron chi connectivity index (χ1n) is 13.5. The highest BCUT2D eigenvalue weighted by Gasteiger charge is 2.31. The van der Waals surface area contributed by atoms with E-state index in [0.29, 0.717) is 11.5 Å². The lowest BCUT2D eigenvalue weighted by Crippen LogP contribution is -2.25. The first kappa shape index (κ1) is 25.9. The van der Waals surface area contributed by atoms with E-state index in [9.17, 15) is 14.9 Å². The van der Waals surface area contributed by atoms with Crippen LogP contribution in [0.4, 0.5) is 5.69 Å². The second-order valence-corrected chi connectivity index (χ2v) is 11.2. The Bertz CT molecular complexity index is 1000. The van der Waals surface area contributed by atoms with Crippen LogP contribution in [0.2, 0.25) is 5.02 Å². The van der Waals surface area contributed by atoms with Gasteiger partial charge in [-0.15, -0.1) is 0 Å². The zero-order chi connectivity index (χ0) is 24.8. The predicted molar refractivity (Wildman–Crippen MR) is 142 cm³/mol. The van der Waals surface area contributed by atoms with Crippen molar-refractivity contribution in [2.24, 2.45) is 17.8 Å². The van der Waals surface area contributed by atoms with Crippen LogP contribution in [0.1, 0.15) is 111 Å². The third kappa shape index (κ3) is 6.52. The molecular formula is C30H38ClNO3. The minimum atomic E-state index is -0.508. The first-order valence-corrected chi connectivity index (χ1v) is 13.9. The summed E-state index contributed by atoms with van der Waals surface area (Å²) in [6.07, 6.45) is 16.4. The van der Waals surface area contributed by atoms with Gasteiger partial charge in [-0.25, -0.2) is 0 Å². The maximum Gasteiger partial charge on any atom is 0.270 e. The summed E-state index contributed by atoms with van der Waals surface area (Å²) >= 11 is 6.17. The van der Waals surface area contributed by atoms with Crippen LogP contribution in [0.25, 0.3) is 0 Å². The summed E-state index contributed by atoms with van der Waals surface area (Å²) in [4.78, 5) is 23.5. The number of halogens is 1. The number of rotatable bonds is 9. The summed E-state index contributed by atoms with van der Waals surface area (Å²) in [5, 5.41) is 11.3. The van der Waals surface area contributed by atoms with E-state index in [2.05, 4.69) is 19.1 Å². The molecule has 2 aromatic carbocycles. The van der Waals surface area contributed by atoms with Crippen molar-refractivity contribution in [1.29, 1.82) is 0 Å². The van der Waals surface area contributed by atoms with Crippen LogP contribution in [0.15, 0.2) is 42.5 Å². The van der Waals surface area contributed by atoms with Crippen molar-refractivity contribution in [2.45, 2.75) is 89.9 Å². The Hall–Kier alpha value is -2.20. The van der Waals surface area contributed by atoms with Gasteiger partial charge in [-0.05, 0) is 73.8 Å². The lowest BCUT2D eigenvalue weighted by molar-refractivity contribution is -0.384. The highest BCUT2D eigenvalue weighted by molar-refractivity contribution is 6.35. The molecule has 0 atom stereocenters. The number of benzene rings is 2. The van der Waals surface area contributed by atoms with Crippen LogP contribution in [0.3, 0.4) is 0 Å². The zero-order valence-electron chi connectivity index (χ0n) is 20.9. The number of unbranched alkanes of at least 4 members (excludes halogenated alkanes) is 2. The second-order valence-electron chi connectivity index (χ2n) is 10.8. The van der Waals surface area contributed by atoms with Crippen LogP contribution < -0.4 is 0 Å². The molecular weight excluding hydrogens is 458 g/mol. The number of hydrogen-bond acceptors (Lipinski definition) is 3. The molecule has 2 aromatic rings. The number of nitrogens with zero attached hydrogens (tertiary/aromatic N) is 1. The molecule has 4 nitrogen and oxygen atoms in total. The molecule has 0 saturated heterocycles. The predicted octanol–water partition coefficient (Wildman–Crippen LogP) is 9.14. The van der Waals surface area contributed by atoms with Crippen molar-refractivity contribution < 1.29 is 9.72 Å². The maximum absolute atomic E-state index is 12.9. The van der Waals surface area contributed by atoms with Gasteiger partial charge < -0.3 is 0 Å². The molecule has 0 amide bonds. The van der Waals surface area contributed by atoms with E-state index in [4.69, 9.17) is 11.6 Å². The molecule has 0 unspecified atom stereocenters. The summed E-state index contributed by atoms with van der Waals surface area (Å²) in [7, 11) is 0. The largest absolute Gasteiger partial charge is 0.289 e. The first-order chi connectivity index (χ1) is 17.0. The monoisotopic (exact) mass is 495 g/mol. The van der Waals surface area contributed by atoms with Gasteiger partial charge in [0.05, 0.1) is 9.95 Å². The number of hydrogen-bond donors (Lipinski definition) is 0. The molecule has 0 bridgehead atoms. The van der Waals surface area contributed by atoms with Crippen molar-refractivity contribution in [3.8, 4) is 0 Å². The van der Waals surface area contributed by atoms with E-state index in [0.717, 1.165) is 17.8 Å². The van der Waals surface area contributed by atoms with Gasteiger partial charge in [-0.2, -0.15) is 0 Å². The van der Waals surface area contributed by atoms with E-state index < -0.39 is 4.92 Å². The van der Waals surface area contributed by atoms with Crippen LogP contribution in [0, 0.1) is 27.9 Å².